The Morgan fingerprint density at radius 1 is 1.10 bits per heavy atom. The van der Waals surface area contributed by atoms with Gasteiger partial charge >= 0.3 is 0 Å². The Labute approximate surface area is 178 Å². The molecule has 0 radical (unpaired) electrons. The van der Waals surface area contributed by atoms with E-state index in [1.165, 1.54) is 0 Å². The van der Waals surface area contributed by atoms with Crippen LogP contribution in [0.25, 0.3) is 0 Å². The van der Waals surface area contributed by atoms with Crippen molar-refractivity contribution in [1.29, 1.82) is 0 Å². The summed E-state index contributed by atoms with van der Waals surface area (Å²) in [7, 11) is 1.66. The number of carbonyl (C=O) groups is 1. The first-order valence-corrected chi connectivity index (χ1v) is 10.2. The number of benzene rings is 1. The Hall–Kier alpha value is -2.84. The summed E-state index contributed by atoms with van der Waals surface area (Å²) in [5.41, 5.74) is 1.56. The van der Waals surface area contributed by atoms with E-state index in [1.807, 2.05) is 31.2 Å². The number of amides is 1. The second-order valence-corrected chi connectivity index (χ2v) is 6.54. The van der Waals surface area contributed by atoms with Crippen molar-refractivity contribution in [1.82, 2.24) is 16.0 Å². The number of nitrogens with one attached hydrogen (secondary N) is 3. The first kappa shape index (κ1) is 23.4. The van der Waals surface area contributed by atoms with Gasteiger partial charge in [-0.25, -0.2) is 4.99 Å². The third-order valence-corrected chi connectivity index (χ3v) is 4.15. The monoisotopic (exact) mass is 416 g/mol. The molecule has 0 fully saturated rings. The van der Waals surface area contributed by atoms with E-state index < -0.39 is 0 Å². The molecule has 1 aromatic heterocycles. The molecule has 8 nitrogen and oxygen atoms in total. The van der Waals surface area contributed by atoms with Crippen molar-refractivity contribution in [3.05, 3.63) is 59.5 Å². The second kappa shape index (κ2) is 14.2. The summed E-state index contributed by atoms with van der Waals surface area (Å²) in [6, 6.07) is 11.1. The van der Waals surface area contributed by atoms with Crippen LogP contribution in [0.15, 0.2) is 52.1 Å². The Bertz CT molecular complexity index is 762. The molecule has 30 heavy (non-hydrogen) atoms. The number of hydrogen-bond donors (Lipinski definition) is 3. The maximum absolute atomic E-state index is 12.4. The summed E-state index contributed by atoms with van der Waals surface area (Å²) in [6.07, 6.45) is 2.46. The molecular formula is C22H32N4O4. The van der Waals surface area contributed by atoms with Crippen molar-refractivity contribution >= 4 is 11.9 Å². The lowest BCUT2D eigenvalue weighted by Crippen LogP contribution is -2.38. The molecule has 0 unspecified atom stereocenters. The Morgan fingerprint density at radius 3 is 2.77 bits per heavy atom. The van der Waals surface area contributed by atoms with Gasteiger partial charge in [0.1, 0.15) is 5.76 Å². The second-order valence-electron chi connectivity index (χ2n) is 6.54. The van der Waals surface area contributed by atoms with E-state index in [2.05, 4.69) is 20.9 Å². The highest BCUT2D eigenvalue weighted by molar-refractivity contribution is 5.94. The van der Waals surface area contributed by atoms with Crippen LogP contribution in [0.2, 0.25) is 0 Å². The number of furan rings is 1. The lowest BCUT2D eigenvalue weighted by molar-refractivity contribution is 0.0698. The van der Waals surface area contributed by atoms with E-state index in [1.54, 1.807) is 25.5 Å². The van der Waals surface area contributed by atoms with Crippen molar-refractivity contribution < 1.29 is 18.7 Å². The number of methoxy groups -OCH3 is 1. The first-order valence-electron chi connectivity index (χ1n) is 10.2. The summed E-state index contributed by atoms with van der Waals surface area (Å²) >= 11 is 0. The summed E-state index contributed by atoms with van der Waals surface area (Å²) in [4.78, 5) is 17.0. The van der Waals surface area contributed by atoms with Crippen LogP contribution in [0.5, 0.6) is 0 Å². The molecule has 0 bridgehead atoms. The number of hydrogen-bond acceptors (Lipinski definition) is 5. The van der Waals surface area contributed by atoms with Gasteiger partial charge in [-0.3, -0.25) is 4.79 Å². The molecule has 0 aliphatic heterocycles. The van der Waals surface area contributed by atoms with E-state index >= 15 is 0 Å². The number of guanidine groups is 1. The maximum Gasteiger partial charge on any atom is 0.251 e. The van der Waals surface area contributed by atoms with Crippen molar-refractivity contribution in [3.63, 3.8) is 0 Å². The van der Waals surface area contributed by atoms with E-state index in [-0.39, 0.29) is 5.91 Å². The van der Waals surface area contributed by atoms with Gasteiger partial charge in [0.2, 0.25) is 0 Å². The van der Waals surface area contributed by atoms with Gasteiger partial charge in [0, 0.05) is 32.4 Å². The maximum atomic E-state index is 12.4. The Balaban J connectivity index is 1.81. The van der Waals surface area contributed by atoms with E-state index in [0.717, 1.165) is 36.8 Å². The highest BCUT2D eigenvalue weighted by Gasteiger charge is 2.07. The average molecular weight is 417 g/mol. The predicted octanol–water partition coefficient (Wildman–Crippen LogP) is 2.32. The molecule has 2 aromatic rings. The van der Waals surface area contributed by atoms with E-state index in [0.29, 0.717) is 38.5 Å². The molecule has 0 aliphatic carbocycles. The standard InChI is InChI=1S/C22H32N4O4/c1-3-23-22(24-10-6-11-29-14-13-28-2)26-16-18-7-4-8-19(15-18)21(27)25-17-20-9-5-12-30-20/h4-5,7-9,12,15H,3,6,10-11,13-14,16-17H2,1-2H3,(H,25,27)(H2,23,24,26). The van der Waals surface area contributed by atoms with Crippen LogP contribution in [-0.2, 0) is 22.6 Å². The van der Waals surface area contributed by atoms with Crippen LogP contribution in [0.4, 0.5) is 0 Å². The van der Waals surface area contributed by atoms with Gasteiger partial charge in [-0.1, -0.05) is 12.1 Å². The van der Waals surface area contributed by atoms with Crippen molar-refractivity contribution in [2.75, 3.05) is 40.0 Å². The van der Waals surface area contributed by atoms with Gasteiger partial charge in [0.15, 0.2) is 5.96 Å². The predicted molar refractivity (Wildman–Crippen MR) is 116 cm³/mol. The lowest BCUT2D eigenvalue weighted by atomic mass is 10.1. The van der Waals surface area contributed by atoms with Crippen molar-refractivity contribution in [3.8, 4) is 0 Å². The largest absolute Gasteiger partial charge is 0.467 e. The van der Waals surface area contributed by atoms with E-state index in [4.69, 9.17) is 13.9 Å². The Morgan fingerprint density at radius 2 is 2.00 bits per heavy atom. The molecule has 0 aliphatic rings. The average Bonchev–Trinajstić information content (AvgIpc) is 3.29. The van der Waals surface area contributed by atoms with Crippen LogP contribution < -0.4 is 16.0 Å². The van der Waals surface area contributed by atoms with E-state index in [9.17, 15) is 4.79 Å². The molecule has 164 valence electrons. The molecule has 0 spiro atoms. The third kappa shape index (κ3) is 9.11. The van der Waals surface area contributed by atoms with Crippen LogP contribution in [0.3, 0.4) is 0 Å². The minimum absolute atomic E-state index is 0.143. The fraction of sp³-hybridized carbons (Fsp3) is 0.455. The first-order chi connectivity index (χ1) is 14.7. The van der Waals surface area contributed by atoms with Gasteiger partial charge in [-0.05, 0) is 43.2 Å². The molecular weight excluding hydrogens is 384 g/mol. The minimum Gasteiger partial charge on any atom is -0.467 e. The van der Waals surface area contributed by atoms with Gasteiger partial charge in [0.25, 0.3) is 5.91 Å². The van der Waals surface area contributed by atoms with Crippen LogP contribution in [0.1, 0.15) is 35.0 Å². The third-order valence-electron chi connectivity index (χ3n) is 4.15. The number of nitrogens with zero attached hydrogens (tertiary/aromatic N) is 1. The van der Waals surface area contributed by atoms with Gasteiger partial charge in [0.05, 0.1) is 32.6 Å². The van der Waals surface area contributed by atoms with Crippen LogP contribution in [0, 0.1) is 0 Å². The molecule has 1 heterocycles. The summed E-state index contributed by atoms with van der Waals surface area (Å²) in [6.45, 7) is 6.27. The number of ether oxygens (including phenoxy) is 2. The van der Waals surface area contributed by atoms with Crippen LogP contribution >= 0.6 is 0 Å². The number of carbonyl (C=O) groups excluding carboxylic acids is 1. The Kier molecular flexibility index (Phi) is 11.1. The molecule has 0 saturated heterocycles. The number of aliphatic imine (C=N–C) groups is 1. The summed E-state index contributed by atoms with van der Waals surface area (Å²) in [5, 5.41) is 9.37. The quantitative estimate of drug-likeness (QED) is 0.263. The molecule has 2 rings (SSSR count). The zero-order chi connectivity index (χ0) is 21.4. The molecule has 1 aromatic carbocycles. The van der Waals surface area contributed by atoms with Gasteiger partial charge < -0.3 is 29.8 Å². The lowest BCUT2D eigenvalue weighted by Gasteiger charge is -2.11. The SMILES string of the molecule is CCNC(=NCc1cccc(C(=O)NCc2ccco2)c1)NCCCOCCOC. The molecule has 3 N–H and O–H groups in total. The zero-order valence-corrected chi connectivity index (χ0v) is 17.8. The molecule has 8 heteroatoms. The minimum atomic E-state index is -0.143. The van der Waals surface area contributed by atoms with Gasteiger partial charge in [-0.15, -0.1) is 0 Å². The summed E-state index contributed by atoms with van der Waals surface area (Å²) < 4.78 is 15.6. The molecule has 1 amide bonds. The fourth-order valence-electron chi connectivity index (χ4n) is 2.63. The summed E-state index contributed by atoms with van der Waals surface area (Å²) in [5.74, 6) is 1.31. The highest BCUT2D eigenvalue weighted by atomic mass is 16.5. The number of rotatable bonds is 13. The molecule has 0 saturated carbocycles. The van der Waals surface area contributed by atoms with Crippen LogP contribution in [-0.4, -0.2) is 51.9 Å². The topological polar surface area (TPSA) is 97.1 Å². The van der Waals surface area contributed by atoms with Gasteiger partial charge in [-0.2, -0.15) is 0 Å². The zero-order valence-electron chi connectivity index (χ0n) is 17.8. The fourth-order valence-corrected chi connectivity index (χ4v) is 2.63. The highest BCUT2D eigenvalue weighted by Crippen LogP contribution is 2.08. The normalized spacial score (nSPS) is 11.3. The van der Waals surface area contributed by atoms with Crippen molar-refractivity contribution in [2.24, 2.45) is 4.99 Å². The smallest absolute Gasteiger partial charge is 0.251 e. The molecule has 0 atom stereocenters. The van der Waals surface area contributed by atoms with Crippen molar-refractivity contribution in [2.45, 2.75) is 26.4 Å².